The number of amides is 2. The summed E-state index contributed by atoms with van der Waals surface area (Å²) in [6.07, 6.45) is 4.67. The molecule has 0 spiro atoms. The predicted octanol–water partition coefficient (Wildman–Crippen LogP) is 3.98. The largest absolute Gasteiger partial charge is 0.444 e. The Kier molecular flexibility index (Phi) is 6.72. The quantitative estimate of drug-likeness (QED) is 0.527. The summed E-state index contributed by atoms with van der Waals surface area (Å²) < 4.78 is 18.6. The summed E-state index contributed by atoms with van der Waals surface area (Å²) in [5.74, 6) is 0.379. The van der Waals surface area contributed by atoms with Gasteiger partial charge in [-0.2, -0.15) is 0 Å². The molecule has 0 atom stereocenters. The van der Waals surface area contributed by atoms with Crippen molar-refractivity contribution in [3.8, 4) is 11.1 Å². The van der Waals surface area contributed by atoms with E-state index in [2.05, 4.69) is 25.5 Å². The Morgan fingerprint density at radius 2 is 1.97 bits per heavy atom. The molecule has 4 rings (SSSR count). The summed E-state index contributed by atoms with van der Waals surface area (Å²) in [6, 6.07) is 8.77. The lowest BCUT2D eigenvalue weighted by atomic mass is 10.0. The number of carbonyl (C=O) groups is 2. The molecule has 1 aromatic carbocycles. The van der Waals surface area contributed by atoms with Crippen molar-refractivity contribution in [2.45, 2.75) is 45.3 Å². The maximum atomic E-state index is 13.4. The van der Waals surface area contributed by atoms with Crippen LogP contribution < -0.4 is 15.5 Å². The molecule has 9 heteroatoms. The zero-order valence-electron chi connectivity index (χ0n) is 19.7. The highest BCUT2D eigenvalue weighted by molar-refractivity contribution is 5.95. The number of piperidine rings is 1. The van der Waals surface area contributed by atoms with Gasteiger partial charge in [-0.1, -0.05) is 0 Å². The normalized spacial score (nSPS) is 14.8. The van der Waals surface area contributed by atoms with Gasteiger partial charge in [0.1, 0.15) is 23.8 Å². The Morgan fingerprint density at radius 3 is 2.65 bits per heavy atom. The van der Waals surface area contributed by atoms with E-state index in [1.165, 1.54) is 12.1 Å². The molecule has 0 radical (unpaired) electrons. The molecule has 1 aliphatic rings. The van der Waals surface area contributed by atoms with Crippen molar-refractivity contribution in [3.05, 3.63) is 48.5 Å². The number of benzene rings is 1. The second kappa shape index (κ2) is 9.70. The van der Waals surface area contributed by atoms with E-state index in [-0.39, 0.29) is 24.3 Å². The van der Waals surface area contributed by atoms with E-state index in [1.54, 1.807) is 26.8 Å². The Morgan fingerprint density at radius 1 is 1.21 bits per heavy atom. The van der Waals surface area contributed by atoms with Crippen LogP contribution in [0.2, 0.25) is 0 Å². The molecule has 3 aromatic rings. The van der Waals surface area contributed by atoms with Crippen molar-refractivity contribution in [1.82, 2.24) is 20.6 Å². The molecule has 0 bridgehead atoms. The maximum Gasteiger partial charge on any atom is 0.408 e. The van der Waals surface area contributed by atoms with Gasteiger partial charge in [0.05, 0.1) is 0 Å². The van der Waals surface area contributed by atoms with E-state index >= 15 is 0 Å². The fourth-order valence-electron chi connectivity index (χ4n) is 4.07. The van der Waals surface area contributed by atoms with E-state index in [9.17, 15) is 14.0 Å². The smallest absolute Gasteiger partial charge is 0.408 e. The molecule has 180 valence electrons. The number of H-pyrrole nitrogens is 1. The van der Waals surface area contributed by atoms with E-state index in [1.807, 2.05) is 24.5 Å². The number of fused-ring (bicyclic) bond motifs is 1. The Bertz CT molecular complexity index is 1160. The molecule has 34 heavy (non-hydrogen) atoms. The standard InChI is InChI=1S/C25H30FN5O3/c1-25(2,3)34-24(33)29-15-23(32)30-18-8-10-31(11-9-18)22-7-4-16(13-28-22)20-14-27-21-12-17(26)5-6-19(20)21/h4-7,12-14,18,27H,8-11,15H2,1-3H3,(H,29,33)(H,30,32). The molecule has 0 unspecified atom stereocenters. The number of alkyl carbamates (subject to hydrolysis) is 1. The van der Waals surface area contributed by atoms with Gasteiger partial charge in [-0.05, 0) is 63.9 Å². The number of aromatic nitrogens is 2. The van der Waals surface area contributed by atoms with Crippen molar-refractivity contribution < 1.29 is 18.7 Å². The average molecular weight is 468 g/mol. The van der Waals surface area contributed by atoms with Crippen LogP contribution in [0.1, 0.15) is 33.6 Å². The number of anilines is 1. The molecule has 2 aromatic heterocycles. The number of hydrogen-bond acceptors (Lipinski definition) is 5. The number of rotatable bonds is 5. The second-order valence-corrected chi connectivity index (χ2v) is 9.48. The topological polar surface area (TPSA) is 99.3 Å². The van der Waals surface area contributed by atoms with Gasteiger partial charge < -0.3 is 25.3 Å². The van der Waals surface area contributed by atoms with Gasteiger partial charge >= 0.3 is 6.09 Å². The van der Waals surface area contributed by atoms with Crippen LogP contribution in [0, 0.1) is 5.82 Å². The van der Waals surface area contributed by atoms with Gasteiger partial charge in [-0.3, -0.25) is 4.79 Å². The molecular formula is C25H30FN5O3. The number of aromatic amines is 1. The highest BCUT2D eigenvalue weighted by Crippen LogP contribution is 2.30. The number of ether oxygens (including phenoxy) is 1. The second-order valence-electron chi connectivity index (χ2n) is 9.48. The minimum Gasteiger partial charge on any atom is -0.444 e. The van der Waals surface area contributed by atoms with E-state index < -0.39 is 11.7 Å². The highest BCUT2D eigenvalue weighted by Gasteiger charge is 2.22. The third-order valence-electron chi connectivity index (χ3n) is 5.68. The van der Waals surface area contributed by atoms with Crippen LogP contribution in [0.4, 0.5) is 15.0 Å². The summed E-state index contributed by atoms with van der Waals surface area (Å²) in [4.78, 5) is 33.8. The fourth-order valence-corrected chi connectivity index (χ4v) is 4.07. The summed E-state index contributed by atoms with van der Waals surface area (Å²) in [5.41, 5.74) is 2.09. The number of carbonyl (C=O) groups excluding carboxylic acids is 2. The maximum absolute atomic E-state index is 13.4. The van der Waals surface area contributed by atoms with Crippen LogP contribution in [0.15, 0.2) is 42.7 Å². The first kappa shape index (κ1) is 23.5. The van der Waals surface area contributed by atoms with Crippen molar-refractivity contribution in [2.24, 2.45) is 0 Å². The number of halogens is 1. The van der Waals surface area contributed by atoms with Crippen LogP contribution in [-0.4, -0.2) is 53.2 Å². The lowest BCUT2D eigenvalue weighted by Crippen LogP contribution is -2.48. The minimum atomic E-state index is -0.605. The molecule has 0 saturated carbocycles. The monoisotopic (exact) mass is 467 g/mol. The first-order valence-corrected chi connectivity index (χ1v) is 11.4. The third-order valence-corrected chi connectivity index (χ3v) is 5.68. The van der Waals surface area contributed by atoms with Gasteiger partial charge in [-0.15, -0.1) is 0 Å². The molecule has 0 aliphatic carbocycles. The van der Waals surface area contributed by atoms with Crippen LogP contribution in [0.25, 0.3) is 22.0 Å². The van der Waals surface area contributed by atoms with Crippen LogP contribution >= 0.6 is 0 Å². The molecule has 2 amide bonds. The van der Waals surface area contributed by atoms with Crippen molar-refractivity contribution >= 4 is 28.7 Å². The molecule has 1 fully saturated rings. The van der Waals surface area contributed by atoms with Crippen LogP contribution in [0.3, 0.4) is 0 Å². The molecule has 8 nitrogen and oxygen atoms in total. The first-order chi connectivity index (χ1) is 16.2. The molecule has 3 N–H and O–H groups in total. The van der Waals surface area contributed by atoms with Crippen molar-refractivity contribution in [2.75, 3.05) is 24.5 Å². The van der Waals surface area contributed by atoms with Gasteiger partial charge in [0.15, 0.2) is 0 Å². The van der Waals surface area contributed by atoms with E-state index in [0.29, 0.717) is 0 Å². The predicted molar refractivity (Wildman–Crippen MR) is 129 cm³/mol. The number of nitrogens with zero attached hydrogens (tertiary/aromatic N) is 2. The number of hydrogen-bond donors (Lipinski definition) is 3. The van der Waals surface area contributed by atoms with Crippen LogP contribution in [-0.2, 0) is 9.53 Å². The number of pyridine rings is 1. The molecule has 3 heterocycles. The summed E-state index contributed by atoms with van der Waals surface area (Å²) in [5, 5.41) is 6.40. The summed E-state index contributed by atoms with van der Waals surface area (Å²) in [6.45, 7) is 6.74. The zero-order valence-corrected chi connectivity index (χ0v) is 19.7. The zero-order chi connectivity index (χ0) is 24.3. The van der Waals surface area contributed by atoms with E-state index in [4.69, 9.17) is 4.74 Å². The van der Waals surface area contributed by atoms with Crippen LogP contribution in [0.5, 0.6) is 0 Å². The van der Waals surface area contributed by atoms with Gasteiger partial charge in [0.2, 0.25) is 5.91 Å². The lowest BCUT2D eigenvalue weighted by molar-refractivity contribution is -0.121. The Balaban J connectivity index is 1.27. The highest BCUT2D eigenvalue weighted by atomic mass is 19.1. The van der Waals surface area contributed by atoms with E-state index in [0.717, 1.165) is 53.8 Å². The summed E-state index contributed by atoms with van der Waals surface area (Å²) >= 11 is 0. The molecular weight excluding hydrogens is 437 g/mol. The van der Waals surface area contributed by atoms with Gasteiger partial charge in [0.25, 0.3) is 0 Å². The van der Waals surface area contributed by atoms with Gasteiger partial charge in [0, 0.05) is 53.6 Å². The molecule has 1 aliphatic heterocycles. The lowest BCUT2D eigenvalue weighted by Gasteiger charge is -2.33. The Hall–Kier alpha value is -3.62. The SMILES string of the molecule is CC(C)(C)OC(=O)NCC(=O)NC1CCN(c2ccc(-c3c[nH]c4cc(F)ccc34)cn2)CC1. The van der Waals surface area contributed by atoms with Gasteiger partial charge in [-0.25, -0.2) is 14.2 Å². The Labute approximate surface area is 197 Å². The van der Waals surface area contributed by atoms with Crippen molar-refractivity contribution in [1.29, 1.82) is 0 Å². The fraction of sp³-hybridized carbons (Fsp3) is 0.400. The minimum absolute atomic E-state index is 0.0510. The average Bonchev–Trinajstić information content (AvgIpc) is 3.20. The summed E-state index contributed by atoms with van der Waals surface area (Å²) in [7, 11) is 0. The molecule has 1 saturated heterocycles. The number of nitrogens with one attached hydrogen (secondary N) is 3. The third kappa shape index (κ3) is 5.84. The van der Waals surface area contributed by atoms with Crippen molar-refractivity contribution in [3.63, 3.8) is 0 Å². The first-order valence-electron chi connectivity index (χ1n) is 11.4.